The number of aromatic hydroxyl groups is 1. The topological polar surface area (TPSA) is 107 Å². The summed E-state index contributed by atoms with van der Waals surface area (Å²) in [6.45, 7) is 15.2. The Labute approximate surface area is 151 Å². The molecule has 0 fully saturated rings. The third-order valence-electron chi connectivity index (χ3n) is 3.66. The molecule has 5 nitrogen and oxygen atoms in total. The van der Waals surface area contributed by atoms with Crippen LogP contribution in [0.1, 0.15) is 29.5 Å². The molecule has 0 bridgehead atoms. The minimum atomic E-state index is -2.62. The van der Waals surface area contributed by atoms with Crippen molar-refractivity contribution in [2.75, 3.05) is 0 Å². The van der Waals surface area contributed by atoms with Crippen molar-refractivity contribution in [3.8, 4) is 5.75 Å². The number of hydrogen-bond acceptors (Lipinski definition) is 5. The van der Waals surface area contributed by atoms with Crippen molar-refractivity contribution in [1.29, 1.82) is 0 Å². The molecule has 0 aliphatic rings. The molecule has 0 saturated carbocycles. The van der Waals surface area contributed by atoms with E-state index in [1.54, 1.807) is 12.1 Å². The minimum absolute atomic E-state index is 0.273. The molecule has 0 amide bonds. The van der Waals surface area contributed by atoms with Crippen LogP contribution in [0.5, 0.6) is 5.75 Å². The molecule has 1 aromatic carbocycles. The Balaban J connectivity index is 0.00000129. The van der Waals surface area contributed by atoms with Crippen LogP contribution in [-0.4, -0.2) is 19.8 Å². The molecule has 0 atom stereocenters. The average molecular weight is 365 g/mol. The number of allylic oxidation sites excluding steroid dienone is 2. The molecule has 6 N–H and O–H groups in total. The van der Waals surface area contributed by atoms with E-state index in [-0.39, 0.29) is 5.75 Å². The van der Waals surface area contributed by atoms with Gasteiger partial charge in [0.15, 0.2) is 0 Å². The van der Waals surface area contributed by atoms with Gasteiger partial charge in [-0.15, -0.1) is 26.3 Å². The van der Waals surface area contributed by atoms with Crippen LogP contribution < -0.4 is 5.73 Å². The fraction of sp³-hybridized carbons (Fsp3) is 0.263. The van der Waals surface area contributed by atoms with E-state index in [4.69, 9.17) is 20.4 Å². The van der Waals surface area contributed by atoms with Crippen molar-refractivity contribution < 1.29 is 19.8 Å². The molecule has 138 valence electrons. The van der Waals surface area contributed by atoms with E-state index in [2.05, 4.69) is 26.3 Å². The molecule has 0 radical (unpaired) electrons. The summed E-state index contributed by atoms with van der Waals surface area (Å²) in [6, 6.07) is 3.60. The Morgan fingerprint density at radius 2 is 1.32 bits per heavy atom. The van der Waals surface area contributed by atoms with Gasteiger partial charge in [0.05, 0.1) is 0 Å². The van der Waals surface area contributed by atoms with Crippen LogP contribution in [0.2, 0.25) is 0 Å². The first-order valence-corrected chi connectivity index (χ1v) is 8.90. The Hall–Kier alpha value is -1.75. The minimum Gasteiger partial charge on any atom is -0.508 e. The lowest BCUT2D eigenvalue weighted by atomic mass is 9.79. The van der Waals surface area contributed by atoms with Crippen LogP contribution in [0, 0.1) is 0 Å². The highest BCUT2D eigenvalue weighted by molar-refractivity contribution is 7.38. The summed E-state index contributed by atoms with van der Waals surface area (Å²) in [5.41, 5.74) is 8.94. The third kappa shape index (κ3) is 7.34. The van der Waals surface area contributed by atoms with Crippen molar-refractivity contribution >= 4 is 8.60 Å². The summed E-state index contributed by atoms with van der Waals surface area (Å²) < 4.78 is 0. The molecular formula is C19H28NO4P. The van der Waals surface area contributed by atoms with Crippen molar-refractivity contribution in [2.45, 2.75) is 31.2 Å². The van der Waals surface area contributed by atoms with E-state index in [1.807, 2.05) is 24.3 Å². The van der Waals surface area contributed by atoms with Crippen molar-refractivity contribution in [1.82, 2.24) is 0 Å². The lowest BCUT2D eigenvalue weighted by Gasteiger charge is -2.31. The molecule has 0 aliphatic heterocycles. The van der Waals surface area contributed by atoms with Crippen LogP contribution in [-0.2, 0) is 18.4 Å². The highest BCUT2D eigenvalue weighted by atomic mass is 31.2. The van der Waals surface area contributed by atoms with Gasteiger partial charge in [0.25, 0.3) is 0 Å². The maximum Gasteiger partial charge on any atom is 0.324 e. The maximum absolute atomic E-state index is 10.1. The second-order valence-corrected chi connectivity index (χ2v) is 6.02. The molecule has 6 heteroatoms. The third-order valence-corrected chi connectivity index (χ3v) is 3.66. The standard InChI is InChI=1S/C19H25NO.H3O3P/c1-5-9-15-16(10-6-2)18(21)12-11-17(15)19(20,13-7-3)14-8-4;1-4(2)3/h5-8,11-12,21H,1-4,9-10,13-14,20H2;1-3H. The van der Waals surface area contributed by atoms with Gasteiger partial charge in [0, 0.05) is 11.1 Å². The van der Waals surface area contributed by atoms with Gasteiger partial charge in [-0.2, -0.15) is 0 Å². The van der Waals surface area contributed by atoms with Gasteiger partial charge >= 0.3 is 8.60 Å². The van der Waals surface area contributed by atoms with E-state index in [0.717, 1.165) is 16.7 Å². The second-order valence-electron chi connectivity index (χ2n) is 5.49. The summed E-state index contributed by atoms with van der Waals surface area (Å²) in [5.74, 6) is 0.273. The number of rotatable bonds is 9. The summed E-state index contributed by atoms with van der Waals surface area (Å²) in [4.78, 5) is 21.7. The zero-order chi connectivity index (χ0) is 19.5. The largest absolute Gasteiger partial charge is 0.508 e. The Morgan fingerprint density at radius 1 is 0.880 bits per heavy atom. The normalized spacial score (nSPS) is 10.6. The SMILES string of the molecule is C=CCc1c(O)ccc(C(N)(CC=C)CC=C)c1CC=C.OP(O)O. The molecule has 0 saturated heterocycles. The Morgan fingerprint density at radius 3 is 1.72 bits per heavy atom. The number of benzene rings is 1. The second kappa shape index (κ2) is 11.7. The van der Waals surface area contributed by atoms with E-state index in [0.29, 0.717) is 25.7 Å². The molecule has 0 heterocycles. The highest BCUT2D eigenvalue weighted by Crippen LogP contribution is 2.35. The van der Waals surface area contributed by atoms with Gasteiger partial charge in [-0.1, -0.05) is 30.4 Å². The van der Waals surface area contributed by atoms with Crippen molar-refractivity contribution in [3.63, 3.8) is 0 Å². The van der Waals surface area contributed by atoms with Gasteiger partial charge < -0.3 is 25.5 Å². The first kappa shape index (κ1) is 23.2. The van der Waals surface area contributed by atoms with Gasteiger partial charge in [0.1, 0.15) is 5.75 Å². The van der Waals surface area contributed by atoms with Gasteiger partial charge in [-0.25, -0.2) is 0 Å². The average Bonchev–Trinajstić information content (AvgIpc) is 2.51. The first-order valence-electron chi connectivity index (χ1n) is 7.70. The van der Waals surface area contributed by atoms with Crippen molar-refractivity contribution in [3.05, 3.63) is 79.4 Å². The summed E-state index contributed by atoms with van der Waals surface area (Å²) in [5, 5.41) is 10.1. The monoisotopic (exact) mass is 365 g/mol. The van der Waals surface area contributed by atoms with Gasteiger partial charge in [0.2, 0.25) is 0 Å². The molecule has 1 aromatic rings. The van der Waals surface area contributed by atoms with E-state index in [1.165, 1.54) is 0 Å². The van der Waals surface area contributed by atoms with Gasteiger partial charge in [-0.3, -0.25) is 0 Å². The van der Waals surface area contributed by atoms with Crippen molar-refractivity contribution in [2.24, 2.45) is 5.73 Å². The van der Waals surface area contributed by atoms with Crippen LogP contribution in [0.3, 0.4) is 0 Å². The molecule has 1 rings (SSSR count). The maximum atomic E-state index is 10.1. The molecule has 0 aromatic heterocycles. The zero-order valence-corrected chi connectivity index (χ0v) is 15.3. The fourth-order valence-corrected chi connectivity index (χ4v) is 2.72. The smallest absolute Gasteiger partial charge is 0.324 e. The predicted molar refractivity (Wildman–Crippen MR) is 105 cm³/mol. The molecule has 0 aliphatic carbocycles. The van der Waals surface area contributed by atoms with E-state index in [9.17, 15) is 5.11 Å². The lowest BCUT2D eigenvalue weighted by molar-refractivity contribution is 0.368. The summed E-state index contributed by atoms with van der Waals surface area (Å²) in [6.07, 6.45) is 9.78. The van der Waals surface area contributed by atoms with E-state index >= 15 is 0 Å². The lowest BCUT2D eigenvalue weighted by Crippen LogP contribution is -2.37. The summed E-state index contributed by atoms with van der Waals surface area (Å²) >= 11 is 0. The van der Waals surface area contributed by atoms with Crippen LogP contribution in [0.4, 0.5) is 0 Å². The quantitative estimate of drug-likeness (QED) is 0.341. The Bertz CT molecular complexity index is 587. The number of phenols is 1. The molecule has 0 spiro atoms. The molecular weight excluding hydrogens is 337 g/mol. The zero-order valence-electron chi connectivity index (χ0n) is 14.4. The number of hydrogen-bond donors (Lipinski definition) is 5. The molecule has 0 unspecified atom stereocenters. The number of phenolic OH excluding ortho intramolecular Hbond substituents is 1. The van der Waals surface area contributed by atoms with Crippen LogP contribution in [0.15, 0.2) is 62.8 Å². The molecule has 25 heavy (non-hydrogen) atoms. The first-order chi connectivity index (χ1) is 11.8. The Kier molecular flexibility index (Phi) is 10.9. The van der Waals surface area contributed by atoms with Gasteiger partial charge in [-0.05, 0) is 42.9 Å². The number of nitrogens with two attached hydrogens (primary N) is 1. The van der Waals surface area contributed by atoms with Crippen LogP contribution in [0.25, 0.3) is 0 Å². The summed E-state index contributed by atoms with van der Waals surface area (Å²) in [7, 11) is -2.62. The van der Waals surface area contributed by atoms with Crippen LogP contribution >= 0.6 is 8.60 Å². The predicted octanol–water partition coefficient (Wildman–Crippen LogP) is 3.35. The fourth-order valence-electron chi connectivity index (χ4n) is 2.72. The highest BCUT2D eigenvalue weighted by Gasteiger charge is 2.28. The van der Waals surface area contributed by atoms with E-state index < -0.39 is 14.1 Å².